The fourth-order valence-corrected chi connectivity index (χ4v) is 4.70. The lowest BCUT2D eigenvalue weighted by Crippen LogP contribution is -2.48. The lowest BCUT2D eigenvalue weighted by molar-refractivity contribution is -0.149. The molecule has 1 unspecified atom stereocenters. The van der Waals surface area contributed by atoms with E-state index in [1.54, 1.807) is 0 Å². The summed E-state index contributed by atoms with van der Waals surface area (Å²) >= 11 is 0. The molecule has 4 rings (SSSR count). The van der Waals surface area contributed by atoms with Crippen LogP contribution >= 0.6 is 0 Å². The van der Waals surface area contributed by atoms with E-state index in [0.717, 1.165) is 22.3 Å². The van der Waals surface area contributed by atoms with Crippen LogP contribution in [0.5, 0.6) is 0 Å². The summed E-state index contributed by atoms with van der Waals surface area (Å²) in [4.78, 5) is 42.9. The molecule has 1 saturated carbocycles. The molecule has 2 aromatic rings. The van der Waals surface area contributed by atoms with E-state index in [-0.39, 0.29) is 30.5 Å². The average Bonchev–Trinajstić information content (AvgIpc) is 3.49. The molecule has 1 aromatic heterocycles. The second kappa shape index (κ2) is 9.68. The zero-order chi connectivity index (χ0) is 26.4. The van der Waals surface area contributed by atoms with Crippen LogP contribution in [-0.2, 0) is 35.3 Å². The highest BCUT2D eigenvalue weighted by molar-refractivity contribution is 6.38. The average molecular weight is 516 g/mol. The lowest BCUT2D eigenvalue weighted by atomic mass is 9.98. The number of amides is 1. The number of hydrogen-bond donors (Lipinski definition) is 1. The van der Waals surface area contributed by atoms with Gasteiger partial charge < -0.3 is 15.2 Å². The van der Waals surface area contributed by atoms with E-state index >= 15 is 0 Å². The predicted octanol–water partition coefficient (Wildman–Crippen LogP) is 3.17. The van der Waals surface area contributed by atoms with E-state index in [9.17, 15) is 40.7 Å². The van der Waals surface area contributed by atoms with E-state index < -0.39 is 77.4 Å². The number of fused-ring (bicyclic) bond motifs is 1. The Morgan fingerprint density at radius 1 is 1.03 bits per heavy atom. The topological polar surface area (TPSA) is 98.3 Å². The highest BCUT2D eigenvalue weighted by atomic mass is 19.4. The number of carbonyl (C=O) groups is 3. The van der Waals surface area contributed by atoms with Gasteiger partial charge in [-0.3, -0.25) is 14.4 Å². The fraction of sp³-hybridized carbons (Fsp3) is 0.478. The summed E-state index contributed by atoms with van der Waals surface area (Å²) in [6.45, 7) is -1.13. The van der Waals surface area contributed by atoms with Crippen molar-refractivity contribution in [1.82, 2.24) is 14.5 Å². The summed E-state index contributed by atoms with van der Waals surface area (Å²) in [6.07, 6.45) is -2.83. The van der Waals surface area contributed by atoms with Crippen molar-refractivity contribution in [1.29, 1.82) is 0 Å². The van der Waals surface area contributed by atoms with Crippen LogP contribution in [0.1, 0.15) is 53.3 Å². The number of halogens is 6. The Kier molecular flexibility index (Phi) is 6.95. The largest absolute Gasteiger partial charge is 0.449 e. The van der Waals surface area contributed by atoms with Crippen molar-refractivity contribution in [3.8, 4) is 0 Å². The van der Waals surface area contributed by atoms with Gasteiger partial charge in [-0.15, -0.1) is 0 Å². The molecule has 1 aliphatic carbocycles. The van der Waals surface area contributed by atoms with Crippen LogP contribution in [0, 0.1) is 23.4 Å². The first-order valence-electron chi connectivity index (χ1n) is 11.3. The summed E-state index contributed by atoms with van der Waals surface area (Å²) in [5, 5.41) is 0. The quantitative estimate of drug-likeness (QED) is 0.275. The number of nitrogens with two attached hydrogens (primary N) is 1. The minimum atomic E-state index is -4.83. The molecule has 2 aliphatic rings. The monoisotopic (exact) mass is 516 g/mol. The van der Waals surface area contributed by atoms with Gasteiger partial charge in [0.25, 0.3) is 5.91 Å². The van der Waals surface area contributed by atoms with E-state index in [4.69, 9.17) is 5.73 Å². The van der Waals surface area contributed by atoms with Crippen LogP contribution < -0.4 is 5.73 Å². The first-order valence-corrected chi connectivity index (χ1v) is 11.3. The summed E-state index contributed by atoms with van der Waals surface area (Å²) in [5.74, 6) is -8.52. The number of carbonyl (C=O) groups excluding carboxylic acids is 3. The fourth-order valence-electron chi connectivity index (χ4n) is 4.70. The number of benzene rings is 1. The second-order valence-electron chi connectivity index (χ2n) is 8.99. The molecule has 1 fully saturated rings. The summed E-state index contributed by atoms with van der Waals surface area (Å²) in [7, 11) is 0. The summed E-state index contributed by atoms with van der Waals surface area (Å²) in [6, 6.07) is -0.799. The van der Waals surface area contributed by atoms with Gasteiger partial charge in [-0.25, -0.2) is 18.2 Å². The van der Waals surface area contributed by atoms with E-state index in [2.05, 4.69) is 4.98 Å². The molecule has 194 valence electrons. The van der Waals surface area contributed by atoms with Crippen LogP contribution in [0.3, 0.4) is 0 Å². The van der Waals surface area contributed by atoms with E-state index in [1.807, 2.05) is 0 Å². The van der Waals surface area contributed by atoms with Crippen molar-refractivity contribution in [3.05, 3.63) is 52.4 Å². The zero-order valence-electron chi connectivity index (χ0n) is 18.9. The number of alkyl halides is 3. The summed E-state index contributed by atoms with van der Waals surface area (Å²) < 4.78 is 82.1. The van der Waals surface area contributed by atoms with Crippen LogP contribution in [0.25, 0.3) is 0 Å². The van der Waals surface area contributed by atoms with Gasteiger partial charge in [-0.05, 0) is 30.9 Å². The van der Waals surface area contributed by atoms with Crippen LogP contribution in [0.2, 0.25) is 0 Å². The third-order valence-electron chi connectivity index (χ3n) is 6.58. The standard InChI is InChI=1S/C23H22F6N4O3/c24-13-9-15(26)14(25)7-12(13)8-16(30)20(35)21(36)32-5-6-33-17(10-32)18(31-22(33)23(27,28)29)19(34)11-3-1-2-4-11/h7,9,11,16H,1-6,8,10,30H2. The predicted molar refractivity (Wildman–Crippen MR) is 112 cm³/mol. The molecule has 0 saturated heterocycles. The van der Waals surface area contributed by atoms with Crippen molar-refractivity contribution in [2.45, 2.75) is 57.4 Å². The van der Waals surface area contributed by atoms with Crippen molar-refractivity contribution >= 4 is 17.5 Å². The Hall–Kier alpha value is -3.22. The Bertz CT molecular complexity index is 1220. The first kappa shape index (κ1) is 25.9. The maximum Gasteiger partial charge on any atom is 0.449 e. The SMILES string of the molecule is NC(Cc1cc(F)c(F)cc1F)C(=O)C(=O)N1CCn2c(C(F)(F)F)nc(C(=O)C3CCCC3)c2C1. The number of ketones is 2. The molecule has 1 aliphatic heterocycles. The van der Waals surface area contributed by atoms with Gasteiger partial charge in [-0.1, -0.05) is 12.8 Å². The number of aromatic nitrogens is 2. The molecule has 7 nitrogen and oxygen atoms in total. The molecule has 2 N–H and O–H groups in total. The Morgan fingerprint density at radius 2 is 1.67 bits per heavy atom. The van der Waals surface area contributed by atoms with Gasteiger partial charge in [0.05, 0.1) is 18.3 Å². The minimum Gasteiger partial charge on any atom is -0.328 e. The number of hydrogen-bond acceptors (Lipinski definition) is 5. The van der Waals surface area contributed by atoms with Crippen molar-refractivity contribution in [2.24, 2.45) is 11.7 Å². The first-order chi connectivity index (χ1) is 16.9. The molecular weight excluding hydrogens is 494 g/mol. The number of Topliss-reactive ketones (excluding diaryl/α,β-unsaturated/α-hetero) is 2. The van der Waals surface area contributed by atoms with Crippen molar-refractivity contribution in [3.63, 3.8) is 0 Å². The van der Waals surface area contributed by atoms with Gasteiger partial charge in [0, 0.05) is 25.1 Å². The van der Waals surface area contributed by atoms with Crippen molar-refractivity contribution in [2.75, 3.05) is 6.54 Å². The molecule has 2 heterocycles. The maximum atomic E-state index is 13.9. The highest BCUT2D eigenvalue weighted by Gasteiger charge is 2.43. The van der Waals surface area contributed by atoms with E-state index in [1.165, 1.54) is 0 Å². The zero-order valence-corrected chi connectivity index (χ0v) is 18.9. The van der Waals surface area contributed by atoms with Gasteiger partial charge in [0.2, 0.25) is 11.6 Å². The maximum absolute atomic E-state index is 13.9. The van der Waals surface area contributed by atoms with E-state index in [0.29, 0.717) is 18.9 Å². The molecule has 0 spiro atoms. The normalized spacial score (nSPS) is 17.2. The lowest BCUT2D eigenvalue weighted by Gasteiger charge is -2.30. The van der Waals surface area contributed by atoms with Gasteiger partial charge >= 0.3 is 6.18 Å². The number of imidazole rings is 1. The van der Waals surface area contributed by atoms with Gasteiger partial charge in [-0.2, -0.15) is 13.2 Å². The molecule has 1 aromatic carbocycles. The van der Waals surface area contributed by atoms with Crippen LogP contribution in [0.4, 0.5) is 26.3 Å². The van der Waals surface area contributed by atoms with Crippen LogP contribution in [-0.4, -0.2) is 44.5 Å². The van der Waals surface area contributed by atoms with Gasteiger partial charge in [0.1, 0.15) is 11.5 Å². The molecule has 36 heavy (non-hydrogen) atoms. The van der Waals surface area contributed by atoms with Gasteiger partial charge in [0.15, 0.2) is 17.4 Å². The smallest absolute Gasteiger partial charge is 0.328 e. The Morgan fingerprint density at radius 3 is 2.31 bits per heavy atom. The molecule has 13 heteroatoms. The minimum absolute atomic E-state index is 0.119. The third-order valence-corrected chi connectivity index (χ3v) is 6.58. The molecule has 1 atom stereocenters. The Labute approximate surface area is 201 Å². The molecule has 0 radical (unpaired) electrons. The summed E-state index contributed by atoms with van der Waals surface area (Å²) in [5.41, 5.74) is 4.83. The second-order valence-corrected chi connectivity index (χ2v) is 8.99. The molecular formula is C23H22F6N4O3. The molecule has 0 bridgehead atoms. The van der Waals surface area contributed by atoms with Crippen molar-refractivity contribution < 1.29 is 40.7 Å². The number of rotatable bonds is 6. The van der Waals surface area contributed by atoms with Crippen LogP contribution in [0.15, 0.2) is 12.1 Å². The highest BCUT2D eigenvalue weighted by Crippen LogP contribution is 2.35. The Balaban J connectivity index is 1.55. The number of nitrogens with zero attached hydrogens (tertiary/aromatic N) is 3. The third kappa shape index (κ3) is 4.88. The molecule has 1 amide bonds.